The van der Waals surface area contributed by atoms with Crippen molar-refractivity contribution in [3.63, 3.8) is 0 Å². The smallest absolute Gasteiger partial charge is 0.235 e. The number of hydrogen-bond donors (Lipinski definition) is 1. The van der Waals surface area contributed by atoms with Crippen molar-refractivity contribution in [1.29, 1.82) is 0 Å². The second-order valence-corrected chi connectivity index (χ2v) is 12.4. The lowest BCUT2D eigenvalue weighted by Crippen LogP contribution is -2.03. The third kappa shape index (κ3) is 4.26. The molecule has 0 unspecified atom stereocenters. The number of para-hydroxylation sites is 4. The molecular formula is C44H28N4O. The molecule has 0 amide bonds. The van der Waals surface area contributed by atoms with E-state index in [1.54, 1.807) is 12.1 Å². The Morgan fingerprint density at radius 1 is 0.388 bits per heavy atom. The molecule has 10 aromatic rings. The molecule has 3 heterocycles. The van der Waals surface area contributed by atoms with E-state index in [1.165, 1.54) is 27.4 Å². The molecule has 0 spiro atoms. The predicted molar refractivity (Wildman–Crippen MR) is 201 cm³/mol. The first-order valence-corrected chi connectivity index (χ1v) is 16.4. The molecule has 1 N–H and O–H groups in total. The van der Waals surface area contributed by atoms with E-state index in [0.29, 0.717) is 5.95 Å². The molecule has 0 atom stereocenters. The Kier molecular flexibility index (Phi) is 5.96. The van der Waals surface area contributed by atoms with E-state index in [4.69, 9.17) is 9.97 Å². The largest absolute Gasteiger partial charge is 0.508 e. The van der Waals surface area contributed by atoms with Crippen LogP contribution < -0.4 is 0 Å². The number of nitrogens with zero attached hydrogens (tertiary/aromatic N) is 4. The Bertz CT molecular complexity index is 2880. The van der Waals surface area contributed by atoms with Crippen LogP contribution in [0.5, 0.6) is 5.75 Å². The van der Waals surface area contributed by atoms with Crippen LogP contribution in [0.4, 0.5) is 0 Å². The van der Waals surface area contributed by atoms with Crippen LogP contribution in [-0.4, -0.2) is 24.2 Å². The summed E-state index contributed by atoms with van der Waals surface area (Å²) < 4.78 is 4.52. The molecule has 5 heteroatoms. The summed E-state index contributed by atoms with van der Waals surface area (Å²) >= 11 is 0. The van der Waals surface area contributed by atoms with E-state index in [-0.39, 0.29) is 5.75 Å². The van der Waals surface area contributed by atoms with E-state index in [2.05, 4.69) is 124 Å². The second-order valence-electron chi connectivity index (χ2n) is 12.4. The second kappa shape index (κ2) is 10.7. The molecule has 0 saturated carbocycles. The summed E-state index contributed by atoms with van der Waals surface area (Å²) in [6, 6.07) is 56.5. The van der Waals surface area contributed by atoms with E-state index in [9.17, 15) is 5.11 Å². The fourth-order valence-electron chi connectivity index (χ4n) is 7.38. The van der Waals surface area contributed by atoms with Gasteiger partial charge in [-0.15, -0.1) is 0 Å². The maximum Gasteiger partial charge on any atom is 0.235 e. The monoisotopic (exact) mass is 628 g/mol. The van der Waals surface area contributed by atoms with E-state index in [1.807, 2.05) is 36.4 Å². The summed E-state index contributed by atoms with van der Waals surface area (Å²) in [6.07, 6.45) is 0. The van der Waals surface area contributed by atoms with Crippen LogP contribution in [0.15, 0.2) is 164 Å². The third-order valence-electron chi connectivity index (χ3n) is 9.63. The van der Waals surface area contributed by atoms with E-state index >= 15 is 0 Å². The first-order valence-electron chi connectivity index (χ1n) is 16.4. The van der Waals surface area contributed by atoms with Crippen LogP contribution in [0.2, 0.25) is 0 Å². The fraction of sp³-hybridized carbons (Fsp3) is 0. The lowest BCUT2D eigenvalue weighted by Gasteiger charge is -2.12. The standard InChI is InChI=1S/C44H28N4O/c49-32-22-18-28(19-23-32)43-35-14-4-7-15-38(35)45-44(46-43)48-40-17-9-6-13-34(40)37-27-30(21-25-42(37)48)29-20-24-41-36(26-29)33-12-5-8-16-39(33)47(41)31-10-2-1-3-11-31/h1-27,49H. The zero-order valence-corrected chi connectivity index (χ0v) is 26.3. The first-order chi connectivity index (χ1) is 24.2. The van der Waals surface area contributed by atoms with E-state index in [0.717, 1.165) is 55.2 Å². The van der Waals surface area contributed by atoms with E-state index < -0.39 is 0 Å². The Labute approximate surface area is 281 Å². The van der Waals surface area contributed by atoms with Crippen LogP contribution in [0.3, 0.4) is 0 Å². The SMILES string of the molecule is Oc1ccc(-c2nc(-n3c4ccccc4c4cc(-c5ccc6c(c5)c5ccccc5n6-c5ccccc5)ccc43)nc3ccccc23)cc1. The maximum atomic E-state index is 9.97. The fourth-order valence-corrected chi connectivity index (χ4v) is 7.38. The predicted octanol–water partition coefficient (Wildman–Crippen LogP) is 10.9. The van der Waals surface area contributed by atoms with Crippen LogP contribution in [0.25, 0.3) is 88.5 Å². The highest BCUT2D eigenvalue weighted by Gasteiger charge is 2.19. The number of phenols is 1. The van der Waals surface area contributed by atoms with Crippen molar-refractivity contribution < 1.29 is 5.11 Å². The first kappa shape index (κ1) is 27.4. The van der Waals surface area contributed by atoms with Gasteiger partial charge in [0, 0.05) is 38.2 Å². The van der Waals surface area contributed by atoms with Gasteiger partial charge in [0.05, 0.1) is 33.3 Å². The van der Waals surface area contributed by atoms with Gasteiger partial charge in [-0.2, -0.15) is 0 Å². The van der Waals surface area contributed by atoms with Gasteiger partial charge in [0.15, 0.2) is 0 Å². The van der Waals surface area contributed by atoms with Gasteiger partial charge in [0.2, 0.25) is 5.95 Å². The number of aromatic hydroxyl groups is 1. The molecule has 5 nitrogen and oxygen atoms in total. The van der Waals surface area contributed by atoms with Gasteiger partial charge in [-0.05, 0) is 90.0 Å². The van der Waals surface area contributed by atoms with Crippen molar-refractivity contribution in [3.05, 3.63) is 164 Å². The van der Waals surface area contributed by atoms with Gasteiger partial charge < -0.3 is 9.67 Å². The molecule has 0 saturated heterocycles. The van der Waals surface area contributed by atoms with Crippen LogP contribution in [0, 0.1) is 0 Å². The molecule has 49 heavy (non-hydrogen) atoms. The average Bonchev–Trinajstić information content (AvgIpc) is 3.67. The number of benzene rings is 7. The van der Waals surface area contributed by atoms with Gasteiger partial charge in [0.1, 0.15) is 5.75 Å². The number of fused-ring (bicyclic) bond motifs is 7. The van der Waals surface area contributed by atoms with Crippen molar-refractivity contribution >= 4 is 54.5 Å². The summed E-state index contributed by atoms with van der Waals surface area (Å²) in [5.74, 6) is 0.831. The third-order valence-corrected chi connectivity index (χ3v) is 9.63. The molecule has 10 rings (SSSR count). The highest BCUT2D eigenvalue weighted by molar-refractivity contribution is 6.12. The molecule has 0 fully saturated rings. The van der Waals surface area contributed by atoms with Crippen molar-refractivity contribution in [3.8, 4) is 39.8 Å². The van der Waals surface area contributed by atoms with Crippen LogP contribution >= 0.6 is 0 Å². The minimum absolute atomic E-state index is 0.224. The van der Waals surface area contributed by atoms with Crippen molar-refractivity contribution in [2.75, 3.05) is 0 Å². The van der Waals surface area contributed by atoms with Gasteiger partial charge in [-0.25, -0.2) is 9.97 Å². The van der Waals surface area contributed by atoms with Gasteiger partial charge in [0.25, 0.3) is 0 Å². The summed E-state index contributed by atoms with van der Waals surface area (Å²) in [4.78, 5) is 10.3. The molecule has 0 aliphatic carbocycles. The molecule has 0 aliphatic heterocycles. The summed E-state index contributed by atoms with van der Waals surface area (Å²) in [5.41, 5.74) is 10.5. The van der Waals surface area contributed by atoms with Crippen molar-refractivity contribution in [2.45, 2.75) is 0 Å². The minimum Gasteiger partial charge on any atom is -0.508 e. The highest BCUT2D eigenvalue weighted by atomic mass is 16.3. The molecule has 0 radical (unpaired) electrons. The Balaban J connectivity index is 1.18. The van der Waals surface area contributed by atoms with Crippen molar-refractivity contribution in [1.82, 2.24) is 19.1 Å². The number of phenolic OH excluding ortho intramolecular Hbond substituents is 1. The molecule has 0 aliphatic rings. The van der Waals surface area contributed by atoms with Gasteiger partial charge in [-0.3, -0.25) is 4.57 Å². The molecular weight excluding hydrogens is 601 g/mol. The topological polar surface area (TPSA) is 55.9 Å². The molecule has 7 aromatic carbocycles. The average molecular weight is 629 g/mol. The summed E-state index contributed by atoms with van der Waals surface area (Å²) in [5, 5.41) is 15.7. The number of rotatable bonds is 4. The summed E-state index contributed by atoms with van der Waals surface area (Å²) in [6.45, 7) is 0. The Morgan fingerprint density at radius 3 is 1.57 bits per heavy atom. The van der Waals surface area contributed by atoms with Crippen LogP contribution in [0.1, 0.15) is 0 Å². The quantitative estimate of drug-likeness (QED) is 0.211. The Morgan fingerprint density at radius 2 is 0.898 bits per heavy atom. The van der Waals surface area contributed by atoms with Crippen molar-refractivity contribution in [2.24, 2.45) is 0 Å². The normalized spacial score (nSPS) is 11.8. The lowest BCUT2D eigenvalue weighted by atomic mass is 10.0. The highest BCUT2D eigenvalue weighted by Crippen LogP contribution is 2.38. The molecule has 0 bridgehead atoms. The zero-order valence-electron chi connectivity index (χ0n) is 26.3. The van der Waals surface area contributed by atoms with Gasteiger partial charge >= 0.3 is 0 Å². The van der Waals surface area contributed by atoms with Crippen LogP contribution in [-0.2, 0) is 0 Å². The Hall–Kier alpha value is -6.72. The lowest BCUT2D eigenvalue weighted by molar-refractivity contribution is 0.475. The minimum atomic E-state index is 0.224. The number of aromatic nitrogens is 4. The summed E-state index contributed by atoms with van der Waals surface area (Å²) in [7, 11) is 0. The number of hydrogen-bond acceptors (Lipinski definition) is 3. The maximum absolute atomic E-state index is 9.97. The zero-order chi connectivity index (χ0) is 32.5. The molecule has 3 aromatic heterocycles. The van der Waals surface area contributed by atoms with Gasteiger partial charge in [-0.1, -0.05) is 84.9 Å². The molecule has 230 valence electrons.